The number of anilines is 1. The third kappa shape index (κ3) is 6.10. The zero-order valence-corrected chi connectivity index (χ0v) is 15.3. The number of nitrogens with one attached hydrogen (secondary N) is 2. The Morgan fingerprint density at radius 3 is 2.92 bits per heavy atom. The van der Waals surface area contributed by atoms with E-state index in [9.17, 15) is 4.79 Å². The van der Waals surface area contributed by atoms with Crippen LogP contribution in [0.4, 0.5) is 5.82 Å². The summed E-state index contributed by atoms with van der Waals surface area (Å²) in [5, 5.41) is 6.65. The maximum absolute atomic E-state index is 11.8. The molecule has 1 aromatic rings. The lowest BCUT2D eigenvalue weighted by molar-refractivity contribution is -0.127. The van der Waals surface area contributed by atoms with Crippen molar-refractivity contribution in [3.8, 4) is 0 Å². The molecule has 25 heavy (non-hydrogen) atoms. The summed E-state index contributed by atoms with van der Waals surface area (Å²) in [6.45, 7) is 8.39. The van der Waals surface area contributed by atoms with Gasteiger partial charge in [0.2, 0.25) is 5.91 Å². The molecule has 7 heteroatoms. The zero-order valence-electron chi connectivity index (χ0n) is 15.3. The van der Waals surface area contributed by atoms with Gasteiger partial charge in [0.05, 0.1) is 0 Å². The topological polar surface area (TPSA) is 72.9 Å². The maximum atomic E-state index is 11.8. The van der Waals surface area contributed by atoms with E-state index in [-0.39, 0.29) is 18.5 Å². The Morgan fingerprint density at radius 1 is 1.48 bits per heavy atom. The summed E-state index contributed by atoms with van der Waals surface area (Å²) in [7, 11) is 3.46. The van der Waals surface area contributed by atoms with Gasteiger partial charge in [-0.25, -0.2) is 9.98 Å². The molecule has 1 fully saturated rings. The molecule has 2 N–H and O–H groups in total. The van der Waals surface area contributed by atoms with Gasteiger partial charge in [-0.15, -0.1) is 0 Å². The molecule has 136 valence electrons. The van der Waals surface area contributed by atoms with Crippen LogP contribution in [0, 0.1) is 0 Å². The van der Waals surface area contributed by atoms with Crippen LogP contribution in [-0.2, 0) is 4.79 Å². The second-order valence-corrected chi connectivity index (χ2v) is 6.53. The molecule has 2 rings (SSSR count). The standard InChI is InChI=1S/C18H28N6O/c1-14(2)11-20-18(21-12-17(25)23(3)4)22-15-8-10-24(13-15)16-7-5-6-9-19-16/h5-7,9,15H,1,8,10-13H2,2-4H3,(H2,20,21,22). The quantitative estimate of drug-likeness (QED) is 0.455. The number of amides is 1. The van der Waals surface area contributed by atoms with Gasteiger partial charge < -0.3 is 20.4 Å². The monoisotopic (exact) mass is 344 g/mol. The average molecular weight is 344 g/mol. The van der Waals surface area contributed by atoms with Crippen LogP contribution in [0.15, 0.2) is 41.5 Å². The number of carbonyl (C=O) groups excluding carboxylic acids is 1. The number of carbonyl (C=O) groups is 1. The Balaban J connectivity index is 1.95. The summed E-state index contributed by atoms with van der Waals surface area (Å²) >= 11 is 0. The van der Waals surface area contributed by atoms with Crippen LogP contribution in [0.1, 0.15) is 13.3 Å². The number of nitrogens with zero attached hydrogens (tertiary/aromatic N) is 4. The Hall–Kier alpha value is -2.57. The van der Waals surface area contributed by atoms with Crippen molar-refractivity contribution in [3.05, 3.63) is 36.5 Å². The van der Waals surface area contributed by atoms with Crippen LogP contribution >= 0.6 is 0 Å². The van der Waals surface area contributed by atoms with E-state index >= 15 is 0 Å². The van der Waals surface area contributed by atoms with Crippen molar-refractivity contribution in [1.29, 1.82) is 0 Å². The van der Waals surface area contributed by atoms with Crippen molar-refractivity contribution in [3.63, 3.8) is 0 Å². The fourth-order valence-corrected chi connectivity index (χ4v) is 2.50. The first-order valence-electron chi connectivity index (χ1n) is 8.51. The van der Waals surface area contributed by atoms with Crippen LogP contribution < -0.4 is 15.5 Å². The number of aliphatic imine (C=N–C) groups is 1. The van der Waals surface area contributed by atoms with Gasteiger partial charge in [-0.1, -0.05) is 18.2 Å². The lowest BCUT2D eigenvalue weighted by Crippen LogP contribution is -2.45. The van der Waals surface area contributed by atoms with Gasteiger partial charge in [0, 0.05) is 46.0 Å². The minimum atomic E-state index is -0.0297. The Morgan fingerprint density at radius 2 is 2.28 bits per heavy atom. The highest BCUT2D eigenvalue weighted by Gasteiger charge is 2.24. The highest BCUT2D eigenvalue weighted by atomic mass is 16.2. The lowest BCUT2D eigenvalue weighted by Gasteiger charge is -2.20. The van der Waals surface area contributed by atoms with Crippen molar-refractivity contribution in [2.24, 2.45) is 4.99 Å². The molecule has 0 radical (unpaired) electrons. The SMILES string of the molecule is C=C(C)CNC(=NCC(=O)N(C)C)NC1CCN(c2ccccn2)C1. The van der Waals surface area contributed by atoms with Gasteiger partial charge in [-0.05, 0) is 25.5 Å². The van der Waals surface area contributed by atoms with Gasteiger partial charge in [-0.2, -0.15) is 0 Å². The molecule has 1 atom stereocenters. The molecule has 0 saturated carbocycles. The van der Waals surface area contributed by atoms with Gasteiger partial charge in [0.15, 0.2) is 5.96 Å². The van der Waals surface area contributed by atoms with Crippen LogP contribution in [0.25, 0.3) is 0 Å². The van der Waals surface area contributed by atoms with Crippen LogP contribution in [-0.4, -0.2) is 68.1 Å². The summed E-state index contributed by atoms with van der Waals surface area (Å²) in [5.74, 6) is 1.60. The van der Waals surface area contributed by atoms with Crippen molar-refractivity contribution >= 4 is 17.7 Å². The van der Waals surface area contributed by atoms with Crippen molar-refractivity contribution in [2.75, 3.05) is 45.2 Å². The van der Waals surface area contributed by atoms with Gasteiger partial charge in [0.25, 0.3) is 0 Å². The third-order valence-corrected chi connectivity index (χ3v) is 3.93. The minimum Gasteiger partial charge on any atom is -0.354 e. The molecule has 1 aliphatic rings. The number of pyridine rings is 1. The summed E-state index contributed by atoms with van der Waals surface area (Å²) in [5.41, 5.74) is 1.01. The predicted octanol–water partition coefficient (Wildman–Crippen LogP) is 0.860. The van der Waals surface area contributed by atoms with E-state index in [1.165, 1.54) is 4.90 Å². The number of aromatic nitrogens is 1. The lowest BCUT2D eigenvalue weighted by atomic mass is 10.3. The maximum Gasteiger partial charge on any atom is 0.243 e. The number of hydrogen-bond donors (Lipinski definition) is 2. The van der Waals surface area contributed by atoms with Gasteiger partial charge in [-0.3, -0.25) is 4.79 Å². The molecule has 0 aromatic carbocycles. The van der Waals surface area contributed by atoms with Crippen molar-refractivity contribution in [2.45, 2.75) is 19.4 Å². The predicted molar refractivity (Wildman–Crippen MR) is 102 cm³/mol. The fraction of sp³-hybridized carbons (Fsp3) is 0.500. The average Bonchev–Trinajstić information content (AvgIpc) is 3.06. The molecule has 1 saturated heterocycles. The largest absolute Gasteiger partial charge is 0.354 e. The summed E-state index contributed by atoms with van der Waals surface area (Å²) in [6.07, 6.45) is 2.80. The molecule has 1 aliphatic heterocycles. The fourth-order valence-electron chi connectivity index (χ4n) is 2.50. The molecule has 0 aliphatic carbocycles. The summed E-state index contributed by atoms with van der Waals surface area (Å²) in [4.78, 5) is 24.4. The summed E-state index contributed by atoms with van der Waals surface area (Å²) in [6, 6.07) is 6.19. The van der Waals surface area contributed by atoms with Crippen LogP contribution in [0.5, 0.6) is 0 Å². The second-order valence-electron chi connectivity index (χ2n) is 6.53. The molecule has 1 amide bonds. The number of rotatable bonds is 6. The molecule has 2 heterocycles. The van der Waals surface area contributed by atoms with E-state index in [1.54, 1.807) is 14.1 Å². The Bertz CT molecular complexity index is 613. The summed E-state index contributed by atoms with van der Waals surface area (Å²) < 4.78 is 0. The van der Waals surface area contributed by atoms with Gasteiger partial charge in [0.1, 0.15) is 12.4 Å². The third-order valence-electron chi connectivity index (χ3n) is 3.93. The number of guanidine groups is 1. The first-order chi connectivity index (χ1) is 12.0. The zero-order chi connectivity index (χ0) is 18.2. The minimum absolute atomic E-state index is 0.0297. The molecule has 7 nitrogen and oxygen atoms in total. The van der Waals surface area contributed by atoms with Gasteiger partial charge >= 0.3 is 0 Å². The highest BCUT2D eigenvalue weighted by Crippen LogP contribution is 2.17. The van der Waals surface area contributed by atoms with E-state index < -0.39 is 0 Å². The molecular formula is C18H28N6O. The number of likely N-dealkylation sites (N-methyl/N-ethyl adjacent to an activating group) is 1. The second kappa shape index (κ2) is 9.05. The normalized spacial score (nSPS) is 17.3. The van der Waals surface area contributed by atoms with E-state index in [1.807, 2.05) is 31.3 Å². The number of hydrogen-bond acceptors (Lipinski definition) is 4. The first kappa shape index (κ1) is 18.8. The Kier molecular flexibility index (Phi) is 6.80. The molecule has 0 bridgehead atoms. The highest BCUT2D eigenvalue weighted by molar-refractivity contribution is 5.85. The first-order valence-corrected chi connectivity index (χ1v) is 8.51. The molecule has 1 unspecified atom stereocenters. The van der Waals surface area contributed by atoms with Crippen molar-refractivity contribution < 1.29 is 4.79 Å². The molecular weight excluding hydrogens is 316 g/mol. The Labute approximate surface area is 149 Å². The van der Waals surface area contributed by atoms with E-state index in [4.69, 9.17) is 0 Å². The van der Waals surface area contributed by atoms with Crippen LogP contribution in [0.3, 0.4) is 0 Å². The molecule has 0 spiro atoms. The van der Waals surface area contributed by atoms with Crippen LogP contribution in [0.2, 0.25) is 0 Å². The smallest absolute Gasteiger partial charge is 0.243 e. The molecule has 1 aromatic heterocycles. The van der Waals surface area contributed by atoms with Crippen molar-refractivity contribution in [1.82, 2.24) is 20.5 Å². The van der Waals surface area contributed by atoms with E-state index in [2.05, 4.69) is 32.1 Å². The van der Waals surface area contributed by atoms with E-state index in [0.717, 1.165) is 30.9 Å². The van der Waals surface area contributed by atoms with E-state index in [0.29, 0.717) is 12.5 Å².